The molecular weight excluding hydrogens is 435 g/mol. The van der Waals surface area contributed by atoms with Crippen molar-refractivity contribution in [3.63, 3.8) is 0 Å². The molecule has 1 aliphatic rings. The normalized spacial score (nSPS) is 13.9. The van der Waals surface area contributed by atoms with Gasteiger partial charge in [0.2, 0.25) is 0 Å². The number of hydrogen-bond donors (Lipinski definition) is 0. The van der Waals surface area contributed by atoms with Crippen molar-refractivity contribution < 1.29 is 9.18 Å². The number of rotatable bonds is 4. The molecule has 1 amide bonds. The molecule has 0 saturated carbocycles. The Morgan fingerprint density at radius 1 is 1.24 bits per heavy atom. The maximum Gasteiger partial charge on any atom is 0.256 e. The third kappa shape index (κ3) is 3.92. The van der Waals surface area contributed by atoms with E-state index in [-0.39, 0.29) is 18.3 Å². The number of amides is 1. The molecule has 29 heavy (non-hydrogen) atoms. The van der Waals surface area contributed by atoms with Gasteiger partial charge in [-0.2, -0.15) is 0 Å². The fourth-order valence-electron chi connectivity index (χ4n) is 3.95. The summed E-state index contributed by atoms with van der Waals surface area (Å²) in [6.45, 7) is 5.37. The van der Waals surface area contributed by atoms with Gasteiger partial charge >= 0.3 is 0 Å². The lowest BCUT2D eigenvalue weighted by atomic mass is 10.1. The van der Waals surface area contributed by atoms with Crippen molar-refractivity contribution in [3.8, 4) is 0 Å². The molecule has 7 heteroatoms. The number of aromatic nitrogens is 3. The fourth-order valence-corrected chi connectivity index (χ4v) is 4.35. The Morgan fingerprint density at radius 3 is 2.86 bits per heavy atom. The van der Waals surface area contributed by atoms with Crippen LogP contribution in [0.4, 0.5) is 4.39 Å². The zero-order valence-corrected chi connectivity index (χ0v) is 18.3. The van der Waals surface area contributed by atoms with Crippen LogP contribution in [-0.4, -0.2) is 31.9 Å². The van der Waals surface area contributed by atoms with E-state index in [0.29, 0.717) is 23.2 Å². The Balaban J connectivity index is 1.74. The predicted octanol–water partition coefficient (Wildman–Crippen LogP) is 5.03. The van der Waals surface area contributed by atoms with Crippen LogP contribution >= 0.6 is 15.9 Å². The molecule has 0 aliphatic carbocycles. The van der Waals surface area contributed by atoms with Gasteiger partial charge in [-0.1, -0.05) is 22.4 Å². The molecule has 0 fully saturated rings. The number of imidazole rings is 1. The summed E-state index contributed by atoms with van der Waals surface area (Å²) in [5, 5.41) is 0. The van der Waals surface area contributed by atoms with Crippen molar-refractivity contribution in [3.05, 3.63) is 57.2 Å². The Kier molecular flexibility index (Phi) is 5.67. The second-order valence-corrected chi connectivity index (χ2v) is 8.44. The maximum atomic E-state index is 14.3. The van der Waals surface area contributed by atoms with Crippen molar-refractivity contribution in [2.45, 2.75) is 52.6 Å². The fraction of sp³-hybridized carbons (Fsp3) is 0.409. The zero-order chi connectivity index (χ0) is 20.5. The highest BCUT2D eigenvalue weighted by molar-refractivity contribution is 9.10. The van der Waals surface area contributed by atoms with Gasteiger partial charge in [0, 0.05) is 41.8 Å². The van der Waals surface area contributed by atoms with Gasteiger partial charge in [-0.05, 0) is 51.0 Å². The summed E-state index contributed by atoms with van der Waals surface area (Å²) in [7, 11) is 0. The van der Waals surface area contributed by atoms with Gasteiger partial charge in [0.1, 0.15) is 17.2 Å². The molecule has 0 spiro atoms. The lowest BCUT2D eigenvalue weighted by molar-refractivity contribution is 0.0752. The lowest BCUT2D eigenvalue weighted by Gasteiger charge is -2.22. The molecule has 0 atom stereocenters. The summed E-state index contributed by atoms with van der Waals surface area (Å²) in [4.78, 5) is 24.6. The van der Waals surface area contributed by atoms with Crippen molar-refractivity contribution >= 4 is 33.0 Å². The SMILES string of the molecule is CCN(Cc1cc(Br)ccc1F)C(=O)c1cc(C)nc2c1nc1n2CCCCC1. The average molecular weight is 459 g/mol. The standard InChI is InChI=1S/C22H24BrFN4O/c1-3-27(13-15-12-16(23)8-9-18(15)24)22(29)17-11-14(2)25-21-20(17)26-19-7-5-4-6-10-28(19)21/h8-9,11-12H,3-7,10,13H2,1-2H3. The number of carbonyl (C=O) groups excluding carboxylic acids is 1. The molecule has 1 aliphatic heterocycles. The molecule has 1 aromatic carbocycles. The summed E-state index contributed by atoms with van der Waals surface area (Å²) < 4.78 is 17.2. The van der Waals surface area contributed by atoms with Crippen LogP contribution in [0.1, 0.15) is 53.6 Å². The van der Waals surface area contributed by atoms with Gasteiger partial charge in [-0.25, -0.2) is 14.4 Å². The predicted molar refractivity (Wildman–Crippen MR) is 114 cm³/mol. The first-order valence-corrected chi connectivity index (χ1v) is 10.9. The Hall–Kier alpha value is -2.28. The van der Waals surface area contributed by atoms with Crippen LogP contribution < -0.4 is 0 Å². The van der Waals surface area contributed by atoms with Crippen molar-refractivity contribution in [2.75, 3.05) is 6.54 Å². The van der Waals surface area contributed by atoms with Crippen LogP contribution in [0.15, 0.2) is 28.7 Å². The second-order valence-electron chi connectivity index (χ2n) is 7.53. The van der Waals surface area contributed by atoms with E-state index in [4.69, 9.17) is 9.97 Å². The highest BCUT2D eigenvalue weighted by atomic mass is 79.9. The van der Waals surface area contributed by atoms with E-state index >= 15 is 0 Å². The quantitative estimate of drug-likeness (QED) is 0.550. The summed E-state index contributed by atoms with van der Waals surface area (Å²) in [6, 6.07) is 6.60. The summed E-state index contributed by atoms with van der Waals surface area (Å²) in [5.41, 5.74) is 3.26. The van der Waals surface area contributed by atoms with Crippen LogP contribution in [-0.2, 0) is 19.5 Å². The monoisotopic (exact) mass is 458 g/mol. The van der Waals surface area contributed by atoms with E-state index in [2.05, 4.69) is 20.5 Å². The largest absolute Gasteiger partial charge is 0.334 e. The molecule has 2 aromatic heterocycles. The van der Waals surface area contributed by atoms with E-state index in [1.807, 2.05) is 13.8 Å². The number of pyridine rings is 1. The van der Waals surface area contributed by atoms with Crippen LogP contribution in [0, 0.1) is 12.7 Å². The topological polar surface area (TPSA) is 51.0 Å². The second kappa shape index (κ2) is 8.22. The van der Waals surface area contributed by atoms with Gasteiger partial charge in [-0.15, -0.1) is 0 Å². The number of benzene rings is 1. The molecule has 3 heterocycles. The first-order chi connectivity index (χ1) is 14.0. The Bertz CT molecular complexity index is 1080. The molecule has 3 aromatic rings. The number of carbonyl (C=O) groups is 1. The number of halogens is 2. The maximum absolute atomic E-state index is 14.3. The smallest absolute Gasteiger partial charge is 0.256 e. The lowest BCUT2D eigenvalue weighted by Crippen LogP contribution is -2.31. The van der Waals surface area contributed by atoms with Gasteiger partial charge in [0.05, 0.1) is 5.56 Å². The van der Waals surface area contributed by atoms with Gasteiger partial charge in [0.15, 0.2) is 5.65 Å². The Morgan fingerprint density at radius 2 is 2.07 bits per heavy atom. The number of hydrogen-bond acceptors (Lipinski definition) is 3. The molecular formula is C22H24BrFN4O. The highest BCUT2D eigenvalue weighted by Gasteiger charge is 2.24. The Labute approximate surface area is 178 Å². The van der Waals surface area contributed by atoms with Gasteiger partial charge in [0.25, 0.3) is 5.91 Å². The molecule has 0 N–H and O–H groups in total. The first-order valence-electron chi connectivity index (χ1n) is 10.1. The number of nitrogens with zero attached hydrogens (tertiary/aromatic N) is 4. The van der Waals surface area contributed by atoms with Crippen molar-refractivity contribution in [1.82, 2.24) is 19.4 Å². The minimum atomic E-state index is -0.316. The number of aryl methyl sites for hydroxylation is 3. The van der Waals surface area contributed by atoms with Crippen LogP contribution in [0.3, 0.4) is 0 Å². The third-order valence-electron chi connectivity index (χ3n) is 5.46. The minimum absolute atomic E-state index is 0.143. The molecule has 0 saturated heterocycles. The molecule has 4 rings (SSSR count). The van der Waals surface area contributed by atoms with Crippen LogP contribution in [0.2, 0.25) is 0 Å². The van der Waals surface area contributed by atoms with Crippen molar-refractivity contribution in [1.29, 1.82) is 0 Å². The van der Waals surface area contributed by atoms with E-state index in [0.717, 1.165) is 47.4 Å². The van der Waals surface area contributed by atoms with E-state index in [1.54, 1.807) is 23.1 Å². The number of fused-ring (bicyclic) bond motifs is 3. The molecule has 0 radical (unpaired) electrons. The summed E-state index contributed by atoms with van der Waals surface area (Å²) in [6.07, 6.45) is 4.30. The van der Waals surface area contributed by atoms with Gasteiger partial charge < -0.3 is 9.47 Å². The van der Waals surface area contributed by atoms with E-state index in [9.17, 15) is 9.18 Å². The molecule has 152 valence electrons. The zero-order valence-electron chi connectivity index (χ0n) is 16.7. The van der Waals surface area contributed by atoms with Gasteiger partial charge in [-0.3, -0.25) is 4.79 Å². The molecule has 0 unspecified atom stereocenters. The summed E-state index contributed by atoms with van der Waals surface area (Å²) in [5.74, 6) is 0.547. The van der Waals surface area contributed by atoms with Crippen molar-refractivity contribution in [2.24, 2.45) is 0 Å². The highest BCUT2D eigenvalue weighted by Crippen LogP contribution is 2.26. The first kappa shape index (κ1) is 20.0. The van der Waals surface area contributed by atoms with E-state index < -0.39 is 0 Å². The van der Waals surface area contributed by atoms with Crippen LogP contribution in [0.5, 0.6) is 0 Å². The third-order valence-corrected chi connectivity index (χ3v) is 5.95. The summed E-state index contributed by atoms with van der Waals surface area (Å²) >= 11 is 3.38. The minimum Gasteiger partial charge on any atom is -0.334 e. The van der Waals surface area contributed by atoms with Crippen LogP contribution in [0.25, 0.3) is 11.2 Å². The van der Waals surface area contributed by atoms with E-state index in [1.165, 1.54) is 12.5 Å². The molecule has 0 bridgehead atoms. The average Bonchev–Trinajstić information content (AvgIpc) is 2.88. The molecule has 5 nitrogen and oxygen atoms in total.